The lowest BCUT2D eigenvalue weighted by Crippen LogP contribution is -2.36. The minimum Gasteiger partial charge on any atom is -0.507 e. The molecular formula is C23H22N2O7. The molecule has 2 fully saturated rings. The van der Waals surface area contributed by atoms with Gasteiger partial charge in [-0.05, 0) is 30.5 Å². The van der Waals surface area contributed by atoms with Crippen LogP contribution < -0.4 is 4.74 Å². The number of nitrogens with zero attached hydrogens (tertiary/aromatic N) is 2. The average molecular weight is 438 g/mol. The first kappa shape index (κ1) is 21.5. The number of amides is 1. The number of nitro benzene ring substituents is 1. The Morgan fingerprint density at radius 3 is 2.62 bits per heavy atom. The third kappa shape index (κ3) is 3.94. The Hall–Kier alpha value is -3.72. The van der Waals surface area contributed by atoms with E-state index >= 15 is 0 Å². The molecule has 2 aromatic rings. The number of carbonyl (C=O) groups is 2. The highest BCUT2D eigenvalue weighted by Crippen LogP contribution is 2.40. The highest BCUT2D eigenvalue weighted by atomic mass is 16.6. The largest absolute Gasteiger partial charge is 0.507 e. The van der Waals surface area contributed by atoms with Gasteiger partial charge in [0.25, 0.3) is 17.4 Å². The lowest BCUT2D eigenvalue weighted by atomic mass is 9.95. The Balaban J connectivity index is 1.83. The molecule has 2 aromatic carbocycles. The SMILES string of the molecule is COc1ccc(C2/C(=C(/O)c3cccc([N+](=O)[O-])c3)C(=O)C(=O)N2CC2CCCO2)cc1. The molecule has 2 aliphatic rings. The molecule has 2 aliphatic heterocycles. The van der Waals surface area contributed by atoms with Gasteiger partial charge in [0.2, 0.25) is 0 Å². The van der Waals surface area contributed by atoms with Gasteiger partial charge in [-0.1, -0.05) is 24.3 Å². The fourth-order valence-electron chi connectivity index (χ4n) is 4.13. The number of hydrogen-bond donors (Lipinski definition) is 1. The molecule has 0 radical (unpaired) electrons. The molecule has 0 aromatic heterocycles. The zero-order valence-corrected chi connectivity index (χ0v) is 17.4. The van der Waals surface area contributed by atoms with Gasteiger partial charge >= 0.3 is 0 Å². The van der Waals surface area contributed by atoms with E-state index in [0.29, 0.717) is 17.9 Å². The molecule has 9 heteroatoms. The molecule has 2 atom stereocenters. The predicted octanol–water partition coefficient (Wildman–Crippen LogP) is 3.20. The maximum atomic E-state index is 13.0. The van der Waals surface area contributed by atoms with Gasteiger partial charge in [-0.15, -0.1) is 0 Å². The predicted molar refractivity (Wildman–Crippen MR) is 114 cm³/mol. The number of ether oxygens (including phenoxy) is 2. The van der Waals surface area contributed by atoms with Crippen LogP contribution in [0.4, 0.5) is 5.69 Å². The Morgan fingerprint density at radius 2 is 2.00 bits per heavy atom. The number of aliphatic hydroxyl groups is 1. The number of rotatable bonds is 6. The molecule has 4 rings (SSSR count). The summed E-state index contributed by atoms with van der Waals surface area (Å²) in [5.74, 6) is -1.44. The van der Waals surface area contributed by atoms with Gasteiger partial charge in [-0.3, -0.25) is 19.7 Å². The van der Waals surface area contributed by atoms with Crippen molar-refractivity contribution in [1.82, 2.24) is 4.90 Å². The maximum Gasteiger partial charge on any atom is 0.295 e. The van der Waals surface area contributed by atoms with Crippen LogP contribution in [0.3, 0.4) is 0 Å². The molecule has 1 amide bonds. The second-order valence-corrected chi connectivity index (χ2v) is 7.67. The minimum absolute atomic E-state index is 0.0906. The van der Waals surface area contributed by atoms with Gasteiger partial charge in [-0.2, -0.15) is 0 Å². The normalized spacial score (nSPS) is 22.3. The monoisotopic (exact) mass is 438 g/mol. The highest BCUT2D eigenvalue weighted by Gasteiger charge is 2.47. The van der Waals surface area contributed by atoms with Crippen molar-refractivity contribution in [3.8, 4) is 5.75 Å². The number of Topliss-reactive ketones (excluding diaryl/α,β-unsaturated/α-hetero) is 1. The van der Waals surface area contributed by atoms with E-state index in [1.54, 1.807) is 24.3 Å². The molecule has 9 nitrogen and oxygen atoms in total. The fraction of sp³-hybridized carbons (Fsp3) is 0.304. The number of benzene rings is 2. The molecule has 32 heavy (non-hydrogen) atoms. The summed E-state index contributed by atoms with van der Waals surface area (Å²) >= 11 is 0. The standard InChI is InChI=1S/C23H22N2O7/c1-31-17-9-7-14(8-10-17)20-19(21(26)15-4-2-5-16(12-15)25(29)30)22(27)23(28)24(20)13-18-6-3-11-32-18/h2,4-5,7-10,12,18,20,26H,3,6,11,13H2,1H3/b21-19-. The van der Waals surface area contributed by atoms with Crippen molar-refractivity contribution in [3.05, 3.63) is 75.3 Å². The van der Waals surface area contributed by atoms with Gasteiger partial charge in [0.1, 0.15) is 11.5 Å². The van der Waals surface area contributed by atoms with E-state index in [1.165, 1.54) is 36.3 Å². The number of methoxy groups -OCH3 is 1. The van der Waals surface area contributed by atoms with E-state index in [2.05, 4.69) is 0 Å². The fourth-order valence-corrected chi connectivity index (χ4v) is 4.13. The maximum absolute atomic E-state index is 13.0. The van der Waals surface area contributed by atoms with Crippen LogP contribution in [0, 0.1) is 10.1 Å². The second kappa shape index (κ2) is 8.80. The van der Waals surface area contributed by atoms with Crippen LogP contribution >= 0.6 is 0 Å². The van der Waals surface area contributed by atoms with E-state index < -0.39 is 28.4 Å². The zero-order valence-electron chi connectivity index (χ0n) is 17.4. The van der Waals surface area contributed by atoms with Crippen molar-refractivity contribution in [2.75, 3.05) is 20.3 Å². The zero-order chi connectivity index (χ0) is 22.8. The molecule has 0 saturated carbocycles. The Kier molecular flexibility index (Phi) is 5.91. The summed E-state index contributed by atoms with van der Waals surface area (Å²) < 4.78 is 10.9. The third-order valence-electron chi connectivity index (χ3n) is 5.73. The number of nitro groups is 1. The number of hydrogen-bond acceptors (Lipinski definition) is 7. The first-order valence-corrected chi connectivity index (χ1v) is 10.2. The lowest BCUT2D eigenvalue weighted by molar-refractivity contribution is -0.384. The van der Waals surface area contributed by atoms with Crippen LogP contribution in [-0.4, -0.2) is 53.0 Å². The summed E-state index contributed by atoms with van der Waals surface area (Å²) in [6, 6.07) is 11.3. The van der Waals surface area contributed by atoms with Crippen LogP contribution in [0.5, 0.6) is 5.75 Å². The molecule has 0 bridgehead atoms. The van der Waals surface area contributed by atoms with E-state index in [9.17, 15) is 24.8 Å². The van der Waals surface area contributed by atoms with Crippen molar-refractivity contribution in [2.45, 2.75) is 25.0 Å². The van der Waals surface area contributed by atoms with Crippen LogP contribution in [0.15, 0.2) is 54.1 Å². The molecule has 2 heterocycles. The molecule has 2 saturated heterocycles. The Morgan fingerprint density at radius 1 is 1.25 bits per heavy atom. The van der Waals surface area contributed by atoms with E-state index in [0.717, 1.165) is 12.8 Å². The minimum atomic E-state index is -0.857. The first-order chi connectivity index (χ1) is 15.4. The van der Waals surface area contributed by atoms with Gasteiger partial charge in [-0.25, -0.2) is 0 Å². The molecular weight excluding hydrogens is 416 g/mol. The van der Waals surface area contributed by atoms with Crippen molar-refractivity contribution in [3.63, 3.8) is 0 Å². The second-order valence-electron chi connectivity index (χ2n) is 7.67. The highest BCUT2D eigenvalue weighted by molar-refractivity contribution is 6.46. The van der Waals surface area contributed by atoms with Gasteiger partial charge in [0, 0.05) is 30.8 Å². The number of ketones is 1. The molecule has 2 unspecified atom stereocenters. The summed E-state index contributed by atoms with van der Waals surface area (Å²) in [7, 11) is 1.53. The first-order valence-electron chi connectivity index (χ1n) is 10.2. The van der Waals surface area contributed by atoms with E-state index in [-0.39, 0.29) is 29.5 Å². The smallest absolute Gasteiger partial charge is 0.295 e. The van der Waals surface area contributed by atoms with Crippen molar-refractivity contribution >= 4 is 23.1 Å². The van der Waals surface area contributed by atoms with Crippen molar-refractivity contribution in [2.24, 2.45) is 0 Å². The molecule has 0 aliphatic carbocycles. The third-order valence-corrected chi connectivity index (χ3v) is 5.73. The van der Waals surface area contributed by atoms with Crippen molar-refractivity contribution in [1.29, 1.82) is 0 Å². The molecule has 1 N–H and O–H groups in total. The average Bonchev–Trinajstić information content (AvgIpc) is 3.41. The number of likely N-dealkylation sites (tertiary alicyclic amines) is 1. The summed E-state index contributed by atoms with van der Waals surface area (Å²) in [6.07, 6.45) is 1.44. The van der Waals surface area contributed by atoms with Crippen LogP contribution in [0.1, 0.15) is 30.0 Å². The van der Waals surface area contributed by atoms with Crippen LogP contribution in [0.2, 0.25) is 0 Å². The van der Waals surface area contributed by atoms with E-state index in [4.69, 9.17) is 9.47 Å². The van der Waals surface area contributed by atoms with Gasteiger partial charge < -0.3 is 19.5 Å². The van der Waals surface area contributed by atoms with Crippen LogP contribution in [0.25, 0.3) is 5.76 Å². The summed E-state index contributed by atoms with van der Waals surface area (Å²) in [5, 5.41) is 22.2. The lowest BCUT2D eigenvalue weighted by Gasteiger charge is -2.27. The quantitative estimate of drug-likeness (QED) is 0.242. The number of carbonyl (C=O) groups excluding carboxylic acids is 2. The van der Waals surface area contributed by atoms with Crippen molar-refractivity contribution < 1.29 is 29.1 Å². The Bertz CT molecular complexity index is 1090. The summed E-state index contributed by atoms with van der Waals surface area (Å²) in [4.78, 5) is 38.0. The molecule has 166 valence electrons. The van der Waals surface area contributed by atoms with E-state index in [1.807, 2.05) is 0 Å². The molecule has 0 spiro atoms. The van der Waals surface area contributed by atoms with Crippen LogP contribution in [-0.2, 0) is 14.3 Å². The summed E-state index contributed by atoms with van der Waals surface area (Å²) in [5.41, 5.74) is 0.352. The number of non-ortho nitro benzene ring substituents is 1. The topological polar surface area (TPSA) is 119 Å². The number of aliphatic hydroxyl groups excluding tert-OH is 1. The Labute approximate surface area is 184 Å². The van der Waals surface area contributed by atoms with Gasteiger partial charge in [0.15, 0.2) is 0 Å². The van der Waals surface area contributed by atoms with Gasteiger partial charge in [0.05, 0.1) is 29.8 Å². The summed E-state index contributed by atoms with van der Waals surface area (Å²) in [6.45, 7) is 0.794.